The van der Waals surface area contributed by atoms with E-state index in [2.05, 4.69) is 34.7 Å². The molecule has 0 amide bonds. The summed E-state index contributed by atoms with van der Waals surface area (Å²) >= 11 is 0. The molecule has 0 spiro atoms. The lowest BCUT2D eigenvalue weighted by Gasteiger charge is -2.13. The average Bonchev–Trinajstić information content (AvgIpc) is 3.33. The van der Waals surface area contributed by atoms with E-state index in [1.165, 1.54) is 12.8 Å². The number of ether oxygens (including phenoxy) is 1. The molecule has 0 bridgehead atoms. The third-order valence-corrected chi connectivity index (χ3v) is 4.33. The summed E-state index contributed by atoms with van der Waals surface area (Å²) in [5.74, 6) is 1.67. The molecule has 0 atom stereocenters. The Bertz CT molecular complexity index is 685. The fourth-order valence-electron chi connectivity index (χ4n) is 2.72. The molecule has 1 aliphatic rings. The highest BCUT2D eigenvalue weighted by Gasteiger charge is 2.20. The van der Waals surface area contributed by atoms with Gasteiger partial charge in [-0.2, -0.15) is 0 Å². The maximum Gasteiger partial charge on any atom is 0.191 e. The van der Waals surface area contributed by atoms with Gasteiger partial charge in [-0.15, -0.1) is 24.0 Å². The van der Waals surface area contributed by atoms with Gasteiger partial charge in [0, 0.05) is 38.7 Å². The van der Waals surface area contributed by atoms with Gasteiger partial charge in [0.05, 0.1) is 18.6 Å². The van der Waals surface area contributed by atoms with Crippen molar-refractivity contribution in [2.24, 2.45) is 10.9 Å². The van der Waals surface area contributed by atoms with E-state index in [9.17, 15) is 0 Å². The van der Waals surface area contributed by atoms with Gasteiger partial charge in [0.15, 0.2) is 5.96 Å². The van der Waals surface area contributed by atoms with Crippen LogP contribution in [-0.4, -0.2) is 41.8 Å². The van der Waals surface area contributed by atoms with Crippen molar-refractivity contribution in [1.29, 1.82) is 0 Å². The molecule has 2 N–H and O–H groups in total. The number of hydrogen-bond donors (Lipinski definition) is 2. The first-order chi connectivity index (χ1) is 12.9. The highest BCUT2D eigenvalue weighted by Crippen LogP contribution is 2.28. The molecule has 1 aromatic carbocycles. The molecule has 148 valence electrons. The molecule has 1 heterocycles. The highest BCUT2D eigenvalue weighted by molar-refractivity contribution is 14.0. The minimum atomic E-state index is 0. The maximum absolute atomic E-state index is 5.68. The fourth-order valence-corrected chi connectivity index (χ4v) is 2.72. The van der Waals surface area contributed by atoms with Crippen molar-refractivity contribution in [2.75, 3.05) is 26.3 Å². The third kappa shape index (κ3) is 7.50. The molecule has 1 aromatic heterocycles. The number of aliphatic imine (C=N–C) groups is 1. The number of guanidine groups is 1. The Kier molecular flexibility index (Phi) is 9.61. The van der Waals surface area contributed by atoms with E-state index in [1.54, 1.807) is 6.20 Å². The summed E-state index contributed by atoms with van der Waals surface area (Å²) in [6.07, 6.45) is 9.23. The number of para-hydroxylation sites is 1. The maximum atomic E-state index is 5.68. The largest absolute Gasteiger partial charge is 0.381 e. The molecule has 0 radical (unpaired) electrons. The summed E-state index contributed by atoms with van der Waals surface area (Å²) < 4.78 is 7.69. The summed E-state index contributed by atoms with van der Waals surface area (Å²) in [5, 5.41) is 6.69. The van der Waals surface area contributed by atoms with Gasteiger partial charge in [-0.3, -0.25) is 0 Å². The predicted molar refractivity (Wildman–Crippen MR) is 120 cm³/mol. The smallest absolute Gasteiger partial charge is 0.191 e. The molecule has 6 nitrogen and oxygen atoms in total. The second-order valence-corrected chi connectivity index (χ2v) is 6.59. The molecule has 0 aliphatic heterocycles. The second-order valence-electron chi connectivity index (χ2n) is 6.59. The number of aromatic nitrogens is 2. The van der Waals surface area contributed by atoms with Gasteiger partial charge in [0.2, 0.25) is 0 Å². The first-order valence-corrected chi connectivity index (χ1v) is 9.53. The van der Waals surface area contributed by atoms with E-state index in [0.717, 1.165) is 55.9 Å². The summed E-state index contributed by atoms with van der Waals surface area (Å²) in [6, 6.07) is 8.27. The van der Waals surface area contributed by atoms with Crippen LogP contribution in [0.3, 0.4) is 0 Å². The van der Waals surface area contributed by atoms with E-state index in [1.807, 2.05) is 29.2 Å². The fraction of sp³-hybridized carbons (Fsp3) is 0.500. The number of nitrogens with zero attached hydrogens (tertiary/aromatic N) is 3. The van der Waals surface area contributed by atoms with Crippen LogP contribution in [0.5, 0.6) is 0 Å². The van der Waals surface area contributed by atoms with Gasteiger partial charge >= 0.3 is 0 Å². The van der Waals surface area contributed by atoms with Crippen LogP contribution >= 0.6 is 24.0 Å². The van der Waals surface area contributed by atoms with Crippen LogP contribution in [-0.2, 0) is 11.3 Å². The molecule has 7 heteroatoms. The van der Waals surface area contributed by atoms with Gasteiger partial charge in [-0.05, 0) is 43.7 Å². The first-order valence-electron chi connectivity index (χ1n) is 9.53. The van der Waals surface area contributed by atoms with Crippen LogP contribution in [0.1, 0.15) is 31.7 Å². The molecular weight excluding hydrogens is 453 g/mol. The zero-order valence-electron chi connectivity index (χ0n) is 15.9. The Labute approximate surface area is 178 Å². The number of hydrogen-bond acceptors (Lipinski definition) is 3. The lowest BCUT2D eigenvalue weighted by atomic mass is 10.2. The molecule has 3 rings (SSSR count). The van der Waals surface area contributed by atoms with E-state index in [0.29, 0.717) is 6.54 Å². The Morgan fingerprint density at radius 2 is 2.15 bits per heavy atom. The number of benzene rings is 1. The van der Waals surface area contributed by atoms with Gasteiger partial charge in [0.25, 0.3) is 0 Å². The van der Waals surface area contributed by atoms with Gasteiger partial charge < -0.3 is 19.9 Å². The summed E-state index contributed by atoms with van der Waals surface area (Å²) in [7, 11) is 0. The predicted octanol–water partition coefficient (Wildman–Crippen LogP) is 3.36. The lowest BCUT2D eigenvalue weighted by molar-refractivity contribution is 0.123. The topological polar surface area (TPSA) is 63.5 Å². The molecule has 1 saturated carbocycles. The quantitative estimate of drug-likeness (QED) is 0.236. The van der Waals surface area contributed by atoms with Crippen molar-refractivity contribution < 1.29 is 4.74 Å². The van der Waals surface area contributed by atoms with Crippen molar-refractivity contribution in [2.45, 2.75) is 32.7 Å². The van der Waals surface area contributed by atoms with Gasteiger partial charge in [0.1, 0.15) is 0 Å². The summed E-state index contributed by atoms with van der Waals surface area (Å²) in [4.78, 5) is 8.86. The van der Waals surface area contributed by atoms with Crippen LogP contribution in [0, 0.1) is 5.92 Å². The number of imidazole rings is 1. The summed E-state index contributed by atoms with van der Waals surface area (Å²) in [5.41, 5.74) is 2.27. The average molecular weight is 483 g/mol. The normalized spacial score (nSPS) is 13.9. The molecular formula is C20H30IN5O. The number of rotatable bonds is 10. The van der Waals surface area contributed by atoms with Gasteiger partial charge in [-0.1, -0.05) is 18.2 Å². The minimum Gasteiger partial charge on any atom is -0.381 e. The highest BCUT2D eigenvalue weighted by atomic mass is 127. The van der Waals surface area contributed by atoms with Crippen molar-refractivity contribution in [3.63, 3.8) is 0 Å². The van der Waals surface area contributed by atoms with Crippen molar-refractivity contribution in [3.05, 3.63) is 48.5 Å². The zero-order valence-corrected chi connectivity index (χ0v) is 18.3. The van der Waals surface area contributed by atoms with Crippen LogP contribution in [0.2, 0.25) is 0 Å². The molecule has 27 heavy (non-hydrogen) atoms. The Hall–Kier alpha value is -1.61. The standard InChI is InChI=1S/C20H29N5O.HI/c1-2-22-20(23-10-5-13-26-15-17-8-9-17)24-14-18-6-3-4-7-19(18)25-12-11-21-16-25;/h3-4,6-7,11-12,16-17H,2,5,8-10,13-15H2,1H3,(H2,22,23,24);1H. The molecule has 1 fully saturated rings. The monoisotopic (exact) mass is 483 g/mol. The zero-order chi connectivity index (χ0) is 18.0. The minimum absolute atomic E-state index is 0. The van der Waals surface area contributed by atoms with Crippen LogP contribution in [0.15, 0.2) is 48.0 Å². The molecule has 0 saturated heterocycles. The first kappa shape index (κ1) is 21.7. The number of nitrogens with one attached hydrogen (secondary N) is 2. The summed E-state index contributed by atoms with van der Waals surface area (Å²) in [6.45, 7) is 6.13. The van der Waals surface area contributed by atoms with Crippen molar-refractivity contribution in [3.8, 4) is 5.69 Å². The van der Waals surface area contributed by atoms with Crippen LogP contribution < -0.4 is 10.6 Å². The molecule has 1 aliphatic carbocycles. The molecule has 2 aromatic rings. The Morgan fingerprint density at radius 1 is 1.30 bits per heavy atom. The molecule has 0 unspecified atom stereocenters. The SMILES string of the molecule is CCNC(=NCc1ccccc1-n1ccnc1)NCCCOCC1CC1.I. The Balaban J connectivity index is 0.00000261. The van der Waals surface area contributed by atoms with E-state index < -0.39 is 0 Å². The van der Waals surface area contributed by atoms with Crippen LogP contribution in [0.4, 0.5) is 0 Å². The van der Waals surface area contributed by atoms with E-state index in [4.69, 9.17) is 9.73 Å². The Morgan fingerprint density at radius 3 is 2.89 bits per heavy atom. The van der Waals surface area contributed by atoms with Crippen molar-refractivity contribution >= 4 is 29.9 Å². The number of halogens is 1. The van der Waals surface area contributed by atoms with Crippen molar-refractivity contribution in [1.82, 2.24) is 20.2 Å². The van der Waals surface area contributed by atoms with E-state index in [-0.39, 0.29) is 24.0 Å². The second kappa shape index (κ2) is 12.0. The van der Waals surface area contributed by atoms with Crippen LogP contribution in [0.25, 0.3) is 5.69 Å². The van der Waals surface area contributed by atoms with Gasteiger partial charge in [-0.25, -0.2) is 9.98 Å². The third-order valence-electron chi connectivity index (χ3n) is 4.33. The lowest BCUT2D eigenvalue weighted by Crippen LogP contribution is -2.38. The van der Waals surface area contributed by atoms with E-state index >= 15 is 0 Å².